The fraction of sp³-hybridized carbons (Fsp3) is 0.727. The molecule has 1 fully saturated rings. The van der Waals surface area contributed by atoms with Gasteiger partial charge in [0.05, 0.1) is 18.6 Å². The van der Waals surface area contributed by atoms with E-state index in [1.807, 2.05) is 0 Å². The smallest absolute Gasteiger partial charge is 0.314 e. The van der Waals surface area contributed by atoms with Crippen LogP contribution in [0.2, 0.25) is 0 Å². The van der Waals surface area contributed by atoms with Crippen molar-refractivity contribution in [3.8, 4) is 0 Å². The number of methoxy groups -OCH3 is 1. The van der Waals surface area contributed by atoms with E-state index in [4.69, 9.17) is 4.74 Å². The Balaban J connectivity index is 2.77. The van der Waals surface area contributed by atoms with Crippen molar-refractivity contribution in [2.24, 2.45) is 5.41 Å². The molecule has 80 valence electrons. The number of carbonyl (C=O) groups excluding carboxylic acids is 1. The lowest BCUT2D eigenvalue weighted by Crippen LogP contribution is -2.39. The fourth-order valence-corrected chi connectivity index (χ4v) is 2.25. The predicted molar refractivity (Wildman–Crippen MR) is 53.7 cm³/mol. The molecule has 0 saturated heterocycles. The van der Waals surface area contributed by atoms with Crippen LogP contribution in [-0.2, 0) is 9.53 Å². The molecule has 1 aliphatic rings. The average molecular weight is 198 g/mol. The van der Waals surface area contributed by atoms with Gasteiger partial charge < -0.3 is 9.84 Å². The van der Waals surface area contributed by atoms with Crippen LogP contribution in [0.3, 0.4) is 0 Å². The Morgan fingerprint density at radius 3 is 2.93 bits per heavy atom. The third kappa shape index (κ3) is 1.82. The quantitative estimate of drug-likeness (QED) is 0.552. The highest BCUT2D eigenvalue weighted by molar-refractivity contribution is 5.78. The van der Waals surface area contributed by atoms with Gasteiger partial charge in [-0.2, -0.15) is 0 Å². The molecular formula is C11H18O3. The summed E-state index contributed by atoms with van der Waals surface area (Å²) in [5.74, 6) is -0.274. The van der Waals surface area contributed by atoms with Gasteiger partial charge >= 0.3 is 5.97 Å². The van der Waals surface area contributed by atoms with E-state index in [0.29, 0.717) is 12.8 Å². The molecule has 1 aliphatic carbocycles. The van der Waals surface area contributed by atoms with Crippen molar-refractivity contribution in [1.82, 2.24) is 0 Å². The van der Waals surface area contributed by atoms with Gasteiger partial charge in [-0.15, -0.1) is 6.58 Å². The molecule has 1 rings (SSSR count). The molecule has 0 unspecified atom stereocenters. The van der Waals surface area contributed by atoms with E-state index >= 15 is 0 Å². The van der Waals surface area contributed by atoms with E-state index < -0.39 is 11.5 Å². The van der Waals surface area contributed by atoms with Gasteiger partial charge in [-0.25, -0.2) is 0 Å². The van der Waals surface area contributed by atoms with Gasteiger partial charge in [0.15, 0.2) is 0 Å². The van der Waals surface area contributed by atoms with Crippen LogP contribution in [0.4, 0.5) is 0 Å². The lowest BCUT2D eigenvalue weighted by molar-refractivity contribution is -0.158. The molecule has 0 aliphatic heterocycles. The second-order valence-electron chi connectivity index (χ2n) is 3.88. The summed E-state index contributed by atoms with van der Waals surface area (Å²) in [6, 6.07) is 0. The number of ether oxygens (including phenoxy) is 1. The van der Waals surface area contributed by atoms with E-state index in [2.05, 4.69) is 6.58 Å². The zero-order valence-corrected chi connectivity index (χ0v) is 8.66. The molecule has 0 spiro atoms. The summed E-state index contributed by atoms with van der Waals surface area (Å²) in [6.45, 7) is 3.63. The first kappa shape index (κ1) is 11.2. The molecule has 3 nitrogen and oxygen atoms in total. The third-order valence-corrected chi connectivity index (χ3v) is 3.12. The number of aliphatic hydroxyl groups is 1. The summed E-state index contributed by atoms with van der Waals surface area (Å²) >= 11 is 0. The van der Waals surface area contributed by atoms with Crippen LogP contribution in [0, 0.1) is 5.41 Å². The Morgan fingerprint density at radius 1 is 1.79 bits per heavy atom. The monoisotopic (exact) mass is 198 g/mol. The van der Waals surface area contributed by atoms with Crippen LogP contribution < -0.4 is 0 Å². The first-order valence-electron chi connectivity index (χ1n) is 5.05. The molecule has 0 bridgehead atoms. The molecule has 1 N–H and O–H groups in total. The van der Waals surface area contributed by atoms with Gasteiger partial charge in [0.2, 0.25) is 0 Å². The topological polar surface area (TPSA) is 46.5 Å². The summed E-state index contributed by atoms with van der Waals surface area (Å²) < 4.78 is 4.77. The zero-order valence-electron chi connectivity index (χ0n) is 8.66. The number of aliphatic hydroxyl groups excluding tert-OH is 1. The second-order valence-corrected chi connectivity index (χ2v) is 3.88. The van der Waals surface area contributed by atoms with E-state index in [1.54, 1.807) is 6.08 Å². The Bertz CT molecular complexity index is 225. The molecule has 0 heterocycles. The van der Waals surface area contributed by atoms with Gasteiger partial charge in [0.25, 0.3) is 0 Å². The molecule has 3 heteroatoms. The zero-order chi connectivity index (χ0) is 10.6. The largest absolute Gasteiger partial charge is 0.469 e. The first-order chi connectivity index (χ1) is 6.67. The number of allylic oxidation sites excluding steroid dienone is 1. The van der Waals surface area contributed by atoms with Crippen molar-refractivity contribution in [1.29, 1.82) is 0 Å². The molecular weight excluding hydrogens is 180 g/mol. The predicted octanol–water partition coefficient (Wildman–Crippen LogP) is 1.66. The molecule has 2 atom stereocenters. The van der Waals surface area contributed by atoms with Crippen LogP contribution in [-0.4, -0.2) is 24.3 Å². The molecule has 0 aromatic carbocycles. The summed E-state index contributed by atoms with van der Waals surface area (Å²) in [4.78, 5) is 11.6. The van der Waals surface area contributed by atoms with Crippen molar-refractivity contribution in [3.05, 3.63) is 12.7 Å². The van der Waals surface area contributed by atoms with E-state index in [1.165, 1.54) is 7.11 Å². The maximum atomic E-state index is 11.6. The van der Waals surface area contributed by atoms with Crippen LogP contribution in [0.15, 0.2) is 12.7 Å². The van der Waals surface area contributed by atoms with Gasteiger partial charge in [-0.05, 0) is 32.1 Å². The summed E-state index contributed by atoms with van der Waals surface area (Å²) in [5, 5.41) is 9.83. The van der Waals surface area contributed by atoms with E-state index in [0.717, 1.165) is 19.3 Å². The van der Waals surface area contributed by atoms with Crippen molar-refractivity contribution >= 4 is 5.97 Å². The van der Waals surface area contributed by atoms with Crippen LogP contribution in [0.1, 0.15) is 32.1 Å². The Morgan fingerprint density at radius 2 is 2.50 bits per heavy atom. The summed E-state index contributed by atoms with van der Waals surface area (Å²) in [6.07, 6.45) is 4.94. The van der Waals surface area contributed by atoms with Crippen LogP contribution in [0.25, 0.3) is 0 Å². The van der Waals surface area contributed by atoms with Crippen LogP contribution >= 0.6 is 0 Å². The number of hydrogen-bond donors (Lipinski definition) is 1. The number of hydrogen-bond acceptors (Lipinski definition) is 3. The standard InChI is InChI=1S/C11H18O3/c1-3-4-7-11(10(13)14-2)8-5-6-9(11)12/h3,9,12H,1,4-8H2,2H3/t9-,11+/m1/s1. The minimum absolute atomic E-state index is 0.274. The maximum Gasteiger partial charge on any atom is 0.314 e. The third-order valence-electron chi connectivity index (χ3n) is 3.12. The van der Waals surface area contributed by atoms with Crippen molar-refractivity contribution in [2.45, 2.75) is 38.2 Å². The van der Waals surface area contributed by atoms with Gasteiger partial charge in [-0.3, -0.25) is 4.79 Å². The summed E-state index contributed by atoms with van der Waals surface area (Å²) in [5.41, 5.74) is -0.664. The van der Waals surface area contributed by atoms with Crippen LogP contribution in [0.5, 0.6) is 0 Å². The van der Waals surface area contributed by atoms with Gasteiger partial charge in [-0.1, -0.05) is 6.08 Å². The normalized spacial score (nSPS) is 31.4. The van der Waals surface area contributed by atoms with Crippen molar-refractivity contribution in [3.63, 3.8) is 0 Å². The Kier molecular flexibility index (Phi) is 3.69. The first-order valence-corrected chi connectivity index (χ1v) is 5.05. The molecule has 0 aromatic rings. The highest BCUT2D eigenvalue weighted by atomic mass is 16.5. The fourth-order valence-electron chi connectivity index (χ4n) is 2.25. The second kappa shape index (κ2) is 4.60. The van der Waals surface area contributed by atoms with E-state index in [9.17, 15) is 9.90 Å². The van der Waals surface area contributed by atoms with Crippen molar-refractivity contribution in [2.75, 3.05) is 7.11 Å². The number of rotatable bonds is 4. The molecule has 1 saturated carbocycles. The average Bonchev–Trinajstić information content (AvgIpc) is 2.57. The van der Waals surface area contributed by atoms with Gasteiger partial charge in [0, 0.05) is 0 Å². The Hall–Kier alpha value is -0.830. The summed E-state index contributed by atoms with van der Waals surface area (Å²) in [7, 11) is 1.38. The SMILES string of the molecule is C=CCC[C@]1(C(=O)OC)CCC[C@H]1O. The highest BCUT2D eigenvalue weighted by Crippen LogP contribution is 2.43. The van der Waals surface area contributed by atoms with E-state index in [-0.39, 0.29) is 5.97 Å². The number of carbonyl (C=O) groups is 1. The molecule has 0 amide bonds. The highest BCUT2D eigenvalue weighted by Gasteiger charge is 2.48. The van der Waals surface area contributed by atoms with Gasteiger partial charge in [0.1, 0.15) is 0 Å². The molecule has 14 heavy (non-hydrogen) atoms. The minimum Gasteiger partial charge on any atom is -0.469 e. The maximum absolute atomic E-state index is 11.6. The molecule has 0 radical (unpaired) electrons. The lowest BCUT2D eigenvalue weighted by Gasteiger charge is -2.29. The minimum atomic E-state index is -0.664. The number of esters is 1. The lowest BCUT2D eigenvalue weighted by atomic mass is 9.79. The Labute approximate surface area is 84.8 Å². The molecule has 0 aromatic heterocycles. The van der Waals surface area contributed by atoms with Crippen molar-refractivity contribution < 1.29 is 14.6 Å².